The van der Waals surface area contributed by atoms with E-state index < -0.39 is 57.9 Å². The van der Waals surface area contributed by atoms with Crippen molar-refractivity contribution in [2.75, 3.05) is 5.88 Å². The van der Waals surface area contributed by atoms with E-state index in [0.717, 1.165) is 18.2 Å². The summed E-state index contributed by atoms with van der Waals surface area (Å²) in [6.45, 7) is 0. The summed E-state index contributed by atoms with van der Waals surface area (Å²) in [6.07, 6.45) is -5.77. The largest absolute Gasteiger partial charge is 0.573 e. The van der Waals surface area contributed by atoms with Gasteiger partial charge < -0.3 is 4.74 Å². The molecule has 0 radical (unpaired) electrons. The van der Waals surface area contributed by atoms with Gasteiger partial charge in [0.25, 0.3) is 0 Å². The Balaban J connectivity index is 3.23. The average molecular weight is 353 g/mol. The minimum absolute atomic E-state index is 0.497. The molecule has 118 valence electrons. The first-order valence-electron chi connectivity index (χ1n) is 5.23. The number of hydrogen-bond donors (Lipinski definition) is 0. The number of hydrogen-bond acceptors (Lipinski definition) is 3. The van der Waals surface area contributed by atoms with E-state index in [9.17, 15) is 31.1 Å². The highest BCUT2D eigenvalue weighted by Gasteiger charge is 2.35. The molecule has 1 rings (SSSR count). The number of carbonyl (C=O) groups excluding carboxylic acids is 1. The van der Waals surface area contributed by atoms with Crippen LogP contribution in [-0.2, 0) is 11.2 Å². The molecule has 10 heteroatoms. The molecular weight excluding hydrogens is 346 g/mol. The zero-order valence-corrected chi connectivity index (χ0v) is 11.6. The van der Waals surface area contributed by atoms with Gasteiger partial charge in [-0.3, -0.25) is 4.79 Å². The molecule has 0 aliphatic rings. The number of rotatable bonds is 5. The lowest BCUT2D eigenvalue weighted by molar-refractivity contribution is -0.275. The van der Waals surface area contributed by atoms with E-state index in [1.807, 2.05) is 0 Å². The Morgan fingerprint density at radius 3 is 2.29 bits per heavy atom. The van der Waals surface area contributed by atoms with Crippen molar-refractivity contribution in [2.45, 2.75) is 23.2 Å². The van der Waals surface area contributed by atoms with Gasteiger partial charge in [-0.05, 0) is 23.9 Å². The van der Waals surface area contributed by atoms with Crippen molar-refractivity contribution in [3.8, 4) is 5.75 Å². The van der Waals surface area contributed by atoms with Crippen molar-refractivity contribution in [3.63, 3.8) is 0 Å². The summed E-state index contributed by atoms with van der Waals surface area (Å²) in [7, 11) is 0. The van der Waals surface area contributed by atoms with Crippen LogP contribution < -0.4 is 4.74 Å². The van der Waals surface area contributed by atoms with Crippen molar-refractivity contribution in [2.24, 2.45) is 0 Å². The maximum atomic E-state index is 12.4. The number of ketones is 1. The van der Waals surface area contributed by atoms with Gasteiger partial charge >= 0.3 is 11.9 Å². The highest BCUT2D eigenvalue weighted by Crippen LogP contribution is 2.42. The van der Waals surface area contributed by atoms with E-state index in [1.54, 1.807) is 0 Å². The molecule has 0 bridgehead atoms. The fraction of sp³-hybridized carbons (Fsp3) is 0.364. The van der Waals surface area contributed by atoms with Crippen molar-refractivity contribution in [1.29, 1.82) is 0 Å². The topological polar surface area (TPSA) is 26.3 Å². The molecule has 2 nitrogen and oxygen atoms in total. The lowest BCUT2D eigenvalue weighted by Crippen LogP contribution is -2.19. The van der Waals surface area contributed by atoms with Crippen LogP contribution in [0.4, 0.5) is 26.3 Å². The molecule has 0 saturated heterocycles. The monoisotopic (exact) mass is 352 g/mol. The fourth-order valence-electron chi connectivity index (χ4n) is 1.40. The third-order valence-corrected chi connectivity index (χ3v) is 3.20. The van der Waals surface area contributed by atoms with Crippen LogP contribution >= 0.6 is 23.4 Å². The maximum Gasteiger partial charge on any atom is 0.573 e. The molecule has 0 fully saturated rings. The standard InChI is InChI=1S/C11H7ClF6O2S/c12-5-6(19)4-7-8(20-10(13,14)15)2-1-3-9(7)21-11(16,17)18/h1-3H,4-5H2. The normalized spacial score (nSPS) is 12.3. The molecule has 0 saturated carbocycles. The number of benzene rings is 1. The van der Waals surface area contributed by atoms with E-state index in [-0.39, 0.29) is 0 Å². The van der Waals surface area contributed by atoms with Gasteiger partial charge in [0.1, 0.15) is 5.75 Å². The molecule has 0 aromatic heterocycles. The van der Waals surface area contributed by atoms with Gasteiger partial charge in [-0.25, -0.2) is 0 Å². The summed E-state index contributed by atoms with van der Waals surface area (Å²) in [5, 5.41) is 0. The third-order valence-electron chi connectivity index (χ3n) is 2.06. The number of carbonyl (C=O) groups is 1. The van der Waals surface area contributed by atoms with E-state index in [0.29, 0.717) is 0 Å². The number of Topliss-reactive ketones (excluding diaryl/α,β-unsaturated/α-hetero) is 1. The molecule has 0 atom stereocenters. The molecule has 0 heterocycles. The van der Waals surface area contributed by atoms with Crippen LogP contribution in [0.2, 0.25) is 0 Å². The minimum atomic E-state index is -5.08. The predicted molar refractivity (Wildman–Crippen MR) is 64.5 cm³/mol. The number of thioether (sulfide) groups is 1. The number of ether oxygens (including phenoxy) is 1. The van der Waals surface area contributed by atoms with Crippen LogP contribution in [0, 0.1) is 0 Å². The molecule has 0 aliphatic heterocycles. The molecule has 1 aromatic rings. The van der Waals surface area contributed by atoms with Crippen LogP contribution in [0.25, 0.3) is 0 Å². The van der Waals surface area contributed by atoms with Crippen LogP contribution in [0.1, 0.15) is 5.56 Å². The predicted octanol–water partition coefficient (Wildman–Crippen LogP) is 4.55. The molecule has 0 spiro atoms. The highest BCUT2D eigenvalue weighted by atomic mass is 35.5. The second-order valence-corrected chi connectivity index (χ2v) is 5.05. The second-order valence-electron chi connectivity index (χ2n) is 3.68. The summed E-state index contributed by atoms with van der Waals surface area (Å²) in [5.41, 5.74) is -5.21. The van der Waals surface area contributed by atoms with Gasteiger partial charge in [0.15, 0.2) is 5.78 Å². The van der Waals surface area contributed by atoms with E-state index in [1.165, 1.54) is 0 Å². The SMILES string of the molecule is O=C(CCl)Cc1c(OC(F)(F)F)cccc1SC(F)(F)F. The van der Waals surface area contributed by atoms with Crippen molar-refractivity contribution in [1.82, 2.24) is 0 Å². The zero-order chi connectivity index (χ0) is 16.3. The summed E-state index contributed by atoms with van der Waals surface area (Å²) < 4.78 is 77.6. The van der Waals surface area contributed by atoms with Gasteiger partial charge in [-0.1, -0.05) is 6.07 Å². The third kappa shape index (κ3) is 6.47. The van der Waals surface area contributed by atoms with Crippen molar-refractivity contribution in [3.05, 3.63) is 23.8 Å². The first kappa shape index (κ1) is 18.0. The Bertz CT molecular complexity index is 480. The molecule has 1 aromatic carbocycles. The van der Waals surface area contributed by atoms with Crippen molar-refractivity contribution < 1.29 is 35.9 Å². The lowest BCUT2D eigenvalue weighted by atomic mass is 10.1. The molecule has 0 amide bonds. The average Bonchev–Trinajstić information content (AvgIpc) is 2.29. The van der Waals surface area contributed by atoms with Gasteiger partial charge in [-0.15, -0.1) is 24.8 Å². The van der Waals surface area contributed by atoms with E-state index in [4.69, 9.17) is 11.6 Å². The number of alkyl halides is 7. The molecule has 0 unspecified atom stereocenters. The Morgan fingerprint density at radius 1 is 1.19 bits per heavy atom. The van der Waals surface area contributed by atoms with Crippen LogP contribution in [0.15, 0.2) is 23.1 Å². The van der Waals surface area contributed by atoms with Crippen LogP contribution in [0.3, 0.4) is 0 Å². The second kappa shape index (κ2) is 6.78. The van der Waals surface area contributed by atoms with E-state index in [2.05, 4.69) is 4.74 Å². The van der Waals surface area contributed by atoms with Gasteiger partial charge in [0, 0.05) is 16.9 Å². The van der Waals surface area contributed by atoms with Gasteiger partial charge in [0.05, 0.1) is 5.88 Å². The first-order chi connectivity index (χ1) is 9.52. The Labute approximate surface area is 124 Å². The minimum Gasteiger partial charge on any atom is -0.405 e. The van der Waals surface area contributed by atoms with Crippen molar-refractivity contribution >= 4 is 29.1 Å². The molecular formula is C11H7ClF6O2S. The quantitative estimate of drug-likeness (QED) is 0.442. The van der Waals surface area contributed by atoms with Gasteiger partial charge in [0.2, 0.25) is 0 Å². The van der Waals surface area contributed by atoms with E-state index >= 15 is 0 Å². The molecule has 21 heavy (non-hydrogen) atoms. The van der Waals surface area contributed by atoms with Crippen LogP contribution in [-0.4, -0.2) is 23.5 Å². The maximum absolute atomic E-state index is 12.4. The van der Waals surface area contributed by atoms with Crippen LogP contribution in [0.5, 0.6) is 5.75 Å². The summed E-state index contributed by atoms with van der Waals surface area (Å²) in [4.78, 5) is 10.7. The van der Waals surface area contributed by atoms with Gasteiger partial charge in [-0.2, -0.15) is 13.2 Å². The highest BCUT2D eigenvalue weighted by molar-refractivity contribution is 8.00. The first-order valence-corrected chi connectivity index (χ1v) is 6.58. The molecule has 0 N–H and O–H groups in total. The Hall–Kier alpha value is -1.09. The summed E-state index contributed by atoms with van der Waals surface area (Å²) in [5.74, 6) is -2.11. The fourth-order valence-corrected chi connectivity index (χ4v) is 2.19. The Morgan fingerprint density at radius 2 is 1.81 bits per heavy atom. The molecule has 0 aliphatic carbocycles. The summed E-state index contributed by atoms with van der Waals surface area (Å²) >= 11 is 4.61. The summed E-state index contributed by atoms with van der Waals surface area (Å²) in [6, 6.07) is 2.77. The smallest absolute Gasteiger partial charge is 0.405 e. The zero-order valence-electron chi connectivity index (χ0n) is 10.0. The number of halogens is 7. The Kier molecular flexibility index (Phi) is 5.80. The lowest BCUT2D eigenvalue weighted by Gasteiger charge is -2.16.